The molecule has 0 aliphatic rings. The van der Waals surface area contributed by atoms with E-state index in [1.54, 1.807) is 42.7 Å². The Balaban J connectivity index is 0.000000161. The van der Waals surface area contributed by atoms with Crippen LogP contribution < -0.4 is 0 Å². The van der Waals surface area contributed by atoms with Crippen molar-refractivity contribution in [3.63, 3.8) is 0 Å². The Bertz CT molecular complexity index is 8150. The number of rotatable bonds is 20. The number of hydrogen-bond acceptors (Lipinski definition) is 12. The van der Waals surface area contributed by atoms with Gasteiger partial charge in [0, 0.05) is 121 Å². The topological polar surface area (TPSA) is 55.4 Å². The second-order valence-electron chi connectivity index (χ2n) is 45.0. The Morgan fingerprint density at radius 1 is 0.233 bits per heavy atom. The van der Waals surface area contributed by atoms with E-state index in [9.17, 15) is 0 Å². The van der Waals surface area contributed by atoms with Crippen LogP contribution in [-0.2, 0) is 44.7 Å². The van der Waals surface area contributed by atoms with Crippen molar-refractivity contribution in [1.82, 2.24) is 0 Å². The van der Waals surface area contributed by atoms with Crippen LogP contribution in [-0.4, -0.2) is 76.3 Å². The molecule has 0 aliphatic carbocycles. The van der Waals surface area contributed by atoms with Gasteiger partial charge in [0.1, 0.15) is 33.6 Å². The Morgan fingerprint density at radius 2 is 0.433 bits per heavy atom. The van der Waals surface area contributed by atoms with Crippen LogP contribution >= 0.6 is 69.3 Å². The highest BCUT2D eigenvalue weighted by Crippen LogP contribution is 2.50. The van der Waals surface area contributed by atoms with Crippen LogP contribution in [0.15, 0.2) is 264 Å². The van der Waals surface area contributed by atoms with Crippen LogP contribution in [0.3, 0.4) is 0 Å². The lowest BCUT2D eigenvalue weighted by molar-refractivity contribution is -0.0338. The minimum absolute atomic E-state index is 0.123. The summed E-state index contributed by atoms with van der Waals surface area (Å²) in [5.41, 5.74) is 7.13. The molecule has 0 amide bonds. The smallest absolute Gasteiger partial charge is 0.133 e. The van der Waals surface area contributed by atoms with E-state index in [4.69, 9.17) is 28.4 Å². The third-order valence-electron chi connectivity index (χ3n) is 30.4. The molecule has 0 saturated carbocycles. The molecule has 18 rings (SSSR count). The lowest BCUT2D eigenvalue weighted by atomic mass is 9.79. The molecule has 0 spiro atoms. The summed E-state index contributed by atoms with van der Waals surface area (Å²) in [4.78, 5) is 3.73. The van der Waals surface area contributed by atoms with Gasteiger partial charge in [0.2, 0.25) is 0 Å². The number of fused-ring (bicyclic) bond motifs is 12. The maximum atomic E-state index is 6.28. The molecule has 12 heteroatoms. The molecular formula is C138H144O6S6. The summed E-state index contributed by atoms with van der Waals surface area (Å²) in [6, 6.07) is 87.4. The first-order valence-electron chi connectivity index (χ1n) is 52.7. The summed E-state index contributed by atoms with van der Waals surface area (Å²) in [7, 11) is 10.6. The number of hydrogen-bond donors (Lipinski definition) is 0. The Labute approximate surface area is 917 Å². The van der Waals surface area contributed by atoms with Gasteiger partial charge in [-0.25, -0.2) is 0 Å². The van der Waals surface area contributed by atoms with E-state index in [-0.39, 0.29) is 39.9 Å². The number of thiophene rings is 3. The molecule has 0 bridgehead atoms. The Hall–Kier alpha value is -11.3. The molecule has 3 heterocycles. The first kappa shape index (κ1) is 111. The number of benzene rings is 15. The van der Waals surface area contributed by atoms with Gasteiger partial charge in [-0.1, -0.05) is 361 Å². The average molecular weight is 2090 g/mol. The van der Waals surface area contributed by atoms with Crippen molar-refractivity contribution in [1.29, 1.82) is 0 Å². The van der Waals surface area contributed by atoms with E-state index < -0.39 is 33.6 Å². The highest BCUT2D eigenvalue weighted by molar-refractivity contribution is 8.02. The van der Waals surface area contributed by atoms with Crippen LogP contribution in [0.25, 0.3) is 127 Å². The third kappa shape index (κ3) is 23.4. The second-order valence-corrected chi connectivity index (χ2v) is 52.3. The summed E-state index contributed by atoms with van der Waals surface area (Å²) >= 11 is 11.0. The summed E-state index contributed by atoms with van der Waals surface area (Å²) in [5.74, 6) is 44.4. The van der Waals surface area contributed by atoms with Gasteiger partial charge >= 0.3 is 0 Å². The molecule has 6 nitrogen and oxygen atoms in total. The molecule has 15 aromatic carbocycles. The van der Waals surface area contributed by atoms with Gasteiger partial charge in [-0.15, -0.1) is 34.0 Å². The van der Waals surface area contributed by atoms with Gasteiger partial charge in [0.05, 0.1) is 12.6 Å². The SMILES string of the molecule is CCC(C#Cc1c2cc3ccccc3cc2c(C#CC(CC)(CC)OC)c2cc3sc(Sc4ccc(C(C)(C)C)cc4)cc3cc12)(CC)OC.COC(C#Cc1c2cc3ccccc3cc2c(C#CC(OC)(C(C)C)C(C)C)c2cc3sc(Sc4ccc(C(C)(C)C)cc4)cc3cc12)(C(C)C)C(C)C.COC(C)(C)C#Cc1c2cc3ccccc3cc2c(C#CC(C)(C)OC)c2cc3sc(Sc4ccc(C(C)(C)C)cc4)cc3cc12. The van der Waals surface area contributed by atoms with Crippen molar-refractivity contribution in [2.45, 2.75) is 276 Å². The third-order valence-corrected chi connectivity index (χ3v) is 37.0. The highest BCUT2D eigenvalue weighted by atomic mass is 32.2. The lowest BCUT2D eigenvalue weighted by Crippen LogP contribution is -2.41. The molecule has 0 radical (unpaired) electrons. The van der Waals surface area contributed by atoms with Gasteiger partial charge in [-0.2, -0.15) is 0 Å². The molecule has 768 valence electrons. The van der Waals surface area contributed by atoms with E-state index in [2.05, 4.69) is 453 Å². The van der Waals surface area contributed by atoms with Gasteiger partial charge in [0.15, 0.2) is 0 Å². The van der Waals surface area contributed by atoms with Crippen LogP contribution in [0.5, 0.6) is 0 Å². The lowest BCUT2D eigenvalue weighted by Gasteiger charge is -2.35. The summed E-state index contributed by atoms with van der Waals surface area (Å²) in [6.45, 7) is 54.6. The Kier molecular flexibility index (Phi) is 33.5. The first-order chi connectivity index (χ1) is 71.3. The van der Waals surface area contributed by atoms with E-state index >= 15 is 0 Å². The van der Waals surface area contributed by atoms with E-state index in [1.165, 1.54) is 107 Å². The normalized spacial score (nSPS) is 12.5. The fraction of sp³-hybridized carbons (Fsp3) is 0.348. The molecule has 3 aromatic heterocycles. The standard InChI is InChI=1S/C50H56O2S2.C46H48O2S2.C42H40O2S2/c1-31(2)49(51-12,32(3)4)24-22-40-42-26-35-16-14-15-17-36(35)27-43(42)41(23-25-50(52-13,33(5)6)34(7)8)45-30-46-37(28-44(40)45)29-47(54-46)53-39-20-18-38(19-21-39)48(9,10)11;1-10-45(11-2,47-8)24-22-36-38-26-31-16-14-15-17-32(31)27-39(38)37(23-25-46(12-3,13-4)48-9)41-30-42-33(28-40(36)41)29-43(50-42)49-35-20-18-34(19-21-35)44(5,6)7;1-40(2,3)30-14-16-31(17-15-30)45-39-25-29-24-36-32(18-20-41(4,5)43-8)34-22-27-12-10-11-13-28(27)23-35(34)33(19-21-42(6,7)44-9)37(36)26-38(29)46-39/h14-21,26-34H,1-13H3;14-21,26-30H,10-13H2,1-9H3;10-17,22-26H,1-9H3. The fourth-order valence-electron chi connectivity index (χ4n) is 20.3. The van der Waals surface area contributed by atoms with Gasteiger partial charge in [-0.3, -0.25) is 0 Å². The zero-order chi connectivity index (χ0) is 108. The zero-order valence-electron chi connectivity index (χ0n) is 93.6. The van der Waals surface area contributed by atoms with E-state index in [0.29, 0.717) is 0 Å². The highest BCUT2D eigenvalue weighted by Gasteiger charge is 2.38. The number of ether oxygens (including phenoxy) is 6. The molecule has 0 aliphatic heterocycles. The average Bonchev–Trinajstić information content (AvgIpc) is 1.30. The van der Waals surface area contributed by atoms with Gasteiger partial charge < -0.3 is 28.4 Å². The minimum atomic E-state index is -0.598. The number of methoxy groups -OCH3 is 6. The van der Waals surface area contributed by atoms with Crippen LogP contribution in [0.4, 0.5) is 0 Å². The predicted molar refractivity (Wildman–Crippen MR) is 654 cm³/mol. The first-order valence-corrected chi connectivity index (χ1v) is 57.6. The molecule has 18 aromatic rings. The molecule has 0 saturated heterocycles. The van der Waals surface area contributed by atoms with E-state index in [0.717, 1.165) is 124 Å². The van der Waals surface area contributed by atoms with Crippen LogP contribution in [0.1, 0.15) is 249 Å². The largest absolute Gasteiger partial charge is 0.366 e. The van der Waals surface area contributed by atoms with Crippen molar-refractivity contribution in [3.8, 4) is 71.0 Å². The Morgan fingerprint density at radius 3 is 0.620 bits per heavy atom. The summed E-state index contributed by atoms with van der Waals surface area (Å²) < 4.78 is 43.5. The van der Waals surface area contributed by atoms with Crippen LogP contribution in [0.2, 0.25) is 0 Å². The van der Waals surface area contributed by atoms with Crippen molar-refractivity contribution in [3.05, 3.63) is 287 Å². The molecular weight excluding hydrogens is 1950 g/mol. The monoisotopic (exact) mass is 2090 g/mol. The molecule has 150 heavy (non-hydrogen) atoms. The van der Waals surface area contributed by atoms with Gasteiger partial charge in [-0.05, 0) is 334 Å². The predicted octanol–water partition coefficient (Wildman–Crippen LogP) is 38.2. The fourth-order valence-corrected chi connectivity index (χ4v) is 27.0. The summed E-state index contributed by atoms with van der Waals surface area (Å²) in [5, 5.41) is 24.0. The van der Waals surface area contributed by atoms with E-state index in [1.807, 2.05) is 97.0 Å². The molecule has 0 unspecified atom stereocenters. The van der Waals surface area contributed by atoms with Crippen LogP contribution in [0, 0.1) is 94.7 Å². The van der Waals surface area contributed by atoms with Gasteiger partial charge in [0.25, 0.3) is 0 Å². The summed E-state index contributed by atoms with van der Waals surface area (Å²) in [6.07, 6.45) is 3.26. The minimum Gasteiger partial charge on any atom is -0.366 e. The van der Waals surface area contributed by atoms with Crippen molar-refractivity contribution in [2.75, 3.05) is 42.7 Å². The van der Waals surface area contributed by atoms with Crippen molar-refractivity contribution < 1.29 is 28.4 Å². The van der Waals surface area contributed by atoms with Crippen molar-refractivity contribution >= 4 is 197 Å². The maximum absolute atomic E-state index is 6.28. The second kappa shape index (κ2) is 45.2. The molecule has 0 fully saturated rings. The maximum Gasteiger partial charge on any atom is 0.133 e. The van der Waals surface area contributed by atoms with Crippen molar-refractivity contribution in [2.24, 2.45) is 23.7 Å². The quantitative estimate of drug-likeness (QED) is 0.0549. The zero-order valence-corrected chi connectivity index (χ0v) is 98.5. The molecule has 0 atom stereocenters. The molecule has 0 N–H and O–H groups in total.